The van der Waals surface area contributed by atoms with Gasteiger partial charge in [-0.1, -0.05) is 12.8 Å². The SMILES string of the molecule is Cn1cc(CNOC2CCCC2)c(=O)n(C)c1=O. The quantitative estimate of drug-likeness (QED) is 0.770. The third-order valence-electron chi connectivity index (χ3n) is 3.33. The van der Waals surface area contributed by atoms with Crippen molar-refractivity contribution in [3.05, 3.63) is 32.6 Å². The zero-order chi connectivity index (χ0) is 13.1. The molecule has 1 aromatic heterocycles. The molecule has 6 heteroatoms. The van der Waals surface area contributed by atoms with Crippen LogP contribution < -0.4 is 16.7 Å². The molecule has 1 aromatic rings. The number of rotatable bonds is 4. The molecular formula is C12H19N3O3. The van der Waals surface area contributed by atoms with Gasteiger partial charge in [-0.15, -0.1) is 0 Å². The first-order valence-electron chi connectivity index (χ1n) is 6.23. The van der Waals surface area contributed by atoms with E-state index in [9.17, 15) is 9.59 Å². The highest BCUT2D eigenvalue weighted by Crippen LogP contribution is 2.19. The molecule has 1 N–H and O–H groups in total. The summed E-state index contributed by atoms with van der Waals surface area (Å²) < 4.78 is 2.50. The Labute approximate surface area is 105 Å². The summed E-state index contributed by atoms with van der Waals surface area (Å²) in [5.41, 5.74) is 2.76. The molecule has 2 rings (SSSR count). The molecule has 100 valence electrons. The van der Waals surface area contributed by atoms with E-state index in [1.165, 1.54) is 24.5 Å². The second-order valence-electron chi connectivity index (χ2n) is 4.76. The second-order valence-corrected chi connectivity index (χ2v) is 4.76. The number of hydrogen-bond donors (Lipinski definition) is 1. The van der Waals surface area contributed by atoms with Gasteiger partial charge in [-0.3, -0.25) is 14.2 Å². The highest BCUT2D eigenvalue weighted by Gasteiger charge is 2.15. The van der Waals surface area contributed by atoms with E-state index in [-0.39, 0.29) is 17.4 Å². The lowest BCUT2D eigenvalue weighted by Gasteiger charge is -2.12. The lowest BCUT2D eigenvalue weighted by atomic mass is 10.3. The van der Waals surface area contributed by atoms with Crippen molar-refractivity contribution in [1.29, 1.82) is 0 Å². The predicted molar refractivity (Wildman–Crippen MR) is 67.1 cm³/mol. The van der Waals surface area contributed by atoms with Crippen molar-refractivity contribution in [3.63, 3.8) is 0 Å². The molecular weight excluding hydrogens is 234 g/mol. The van der Waals surface area contributed by atoms with Gasteiger partial charge in [-0.05, 0) is 12.8 Å². The van der Waals surface area contributed by atoms with E-state index in [4.69, 9.17) is 4.84 Å². The first kappa shape index (κ1) is 13.0. The van der Waals surface area contributed by atoms with Crippen LogP contribution in [-0.4, -0.2) is 15.2 Å². The third kappa shape index (κ3) is 2.70. The topological polar surface area (TPSA) is 65.3 Å². The zero-order valence-corrected chi connectivity index (χ0v) is 10.8. The summed E-state index contributed by atoms with van der Waals surface area (Å²) in [6.07, 6.45) is 6.34. The number of nitrogens with one attached hydrogen (secondary N) is 1. The molecule has 0 aromatic carbocycles. The van der Waals surface area contributed by atoms with E-state index in [1.807, 2.05) is 0 Å². The Morgan fingerprint density at radius 1 is 1.33 bits per heavy atom. The monoisotopic (exact) mass is 253 g/mol. The summed E-state index contributed by atoms with van der Waals surface area (Å²) in [6, 6.07) is 0. The van der Waals surface area contributed by atoms with Crippen LogP contribution in [0.3, 0.4) is 0 Å². The van der Waals surface area contributed by atoms with Crippen molar-refractivity contribution in [1.82, 2.24) is 14.6 Å². The minimum absolute atomic E-state index is 0.251. The molecule has 0 atom stereocenters. The van der Waals surface area contributed by atoms with Gasteiger partial charge in [0.05, 0.1) is 18.2 Å². The zero-order valence-electron chi connectivity index (χ0n) is 10.8. The Balaban J connectivity index is 2.01. The van der Waals surface area contributed by atoms with Gasteiger partial charge in [0.1, 0.15) is 0 Å². The molecule has 1 aliphatic rings. The molecule has 0 radical (unpaired) electrons. The third-order valence-corrected chi connectivity index (χ3v) is 3.33. The first-order valence-corrected chi connectivity index (χ1v) is 6.23. The number of aromatic nitrogens is 2. The van der Waals surface area contributed by atoms with Gasteiger partial charge in [0, 0.05) is 20.3 Å². The van der Waals surface area contributed by atoms with Crippen LogP contribution in [-0.2, 0) is 25.5 Å². The van der Waals surface area contributed by atoms with Gasteiger partial charge in [0.2, 0.25) is 0 Å². The maximum atomic E-state index is 11.8. The van der Waals surface area contributed by atoms with E-state index in [0.717, 1.165) is 17.4 Å². The molecule has 1 fully saturated rings. The first-order chi connectivity index (χ1) is 8.59. The Bertz CT molecular complexity index is 526. The Hall–Kier alpha value is -1.40. The van der Waals surface area contributed by atoms with E-state index in [1.54, 1.807) is 13.2 Å². The second kappa shape index (κ2) is 5.49. The average Bonchev–Trinajstić information content (AvgIpc) is 2.86. The lowest BCUT2D eigenvalue weighted by molar-refractivity contribution is -0.0246. The predicted octanol–water partition coefficient (Wildman–Crippen LogP) is 0.0478. The van der Waals surface area contributed by atoms with Gasteiger partial charge >= 0.3 is 5.69 Å². The molecule has 0 unspecified atom stereocenters. The van der Waals surface area contributed by atoms with Crippen LogP contribution in [0.1, 0.15) is 31.2 Å². The molecule has 0 amide bonds. The molecule has 1 aliphatic carbocycles. The average molecular weight is 253 g/mol. The van der Waals surface area contributed by atoms with Crippen LogP contribution in [0.5, 0.6) is 0 Å². The van der Waals surface area contributed by atoms with Crippen molar-refractivity contribution in [2.45, 2.75) is 38.3 Å². The largest absolute Gasteiger partial charge is 0.330 e. The summed E-state index contributed by atoms with van der Waals surface area (Å²) in [5.74, 6) is 0. The van der Waals surface area contributed by atoms with Gasteiger partial charge in [-0.25, -0.2) is 4.79 Å². The van der Waals surface area contributed by atoms with Crippen molar-refractivity contribution in [2.24, 2.45) is 14.1 Å². The number of aryl methyl sites for hydroxylation is 1. The maximum absolute atomic E-state index is 11.8. The van der Waals surface area contributed by atoms with E-state index < -0.39 is 0 Å². The summed E-state index contributed by atoms with van der Waals surface area (Å²) in [4.78, 5) is 28.8. The standard InChI is InChI=1S/C12H19N3O3/c1-14-8-9(11(16)15(2)12(14)17)7-13-18-10-5-3-4-6-10/h8,10,13H,3-7H2,1-2H3. The molecule has 0 aliphatic heterocycles. The van der Waals surface area contributed by atoms with E-state index >= 15 is 0 Å². The fourth-order valence-electron chi connectivity index (χ4n) is 2.25. The highest BCUT2D eigenvalue weighted by molar-refractivity contribution is 5.04. The van der Waals surface area contributed by atoms with Crippen LogP contribution in [0.2, 0.25) is 0 Å². The molecule has 1 saturated carbocycles. The van der Waals surface area contributed by atoms with Crippen molar-refractivity contribution < 1.29 is 4.84 Å². The van der Waals surface area contributed by atoms with Gasteiger partial charge < -0.3 is 4.57 Å². The van der Waals surface area contributed by atoms with E-state index in [0.29, 0.717) is 12.1 Å². The summed E-state index contributed by atoms with van der Waals surface area (Å²) in [7, 11) is 3.11. The number of nitrogens with zero attached hydrogens (tertiary/aromatic N) is 2. The van der Waals surface area contributed by atoms with Crippen LogP contribution >= 0.6 is 0 Å². The van der Waals surface area contributed by atoms with Crippen LogP contribution in [0, 0.1) is 0 Å². The van der Waals surface area contributed by atoms with Crippen LogP contribution in [0.15, 0.2) is 15.8 Å². The molecule has 6 nitrogen and oxygen atoms in total. The Morgan fingerprint density at radius 2 is 2.00 bits per heavy atom. The fraction of sp³-hybridized carbons (Fsp3) is 0.667. The number of hydrogen-bond acceptors (Lipinski definition) is 4. The van der Waals surface area contributed by atoms with E-state index in [2.05, 4.69) is 5.48 Å². The van der Waals surface area contributed by atoms with Gasteiger partial charge in [0.15, 0.2) is 0 Å². The van der Waals surface area contributed by atoms with Crippen LogP contribution in [0.25, 0.3) is 0 Å². The smallest absolute Gasteiger partial charge is 0.303 e. The summed E-state index contributed by atoms with van der Waals surface area (Å²) in [6.45, 7) is 0.317. The minimum Gasteiger partial charge on any atom is -0.303 e. The minimum atomic E-state index is -0.319. The van der Waals surface area contributed by atoms with Gasteiger partial charge in [0.25, 0.3) is 5.56 Å². The highest BCUT2D eigenvalue weighted by atomic mass is 16.7. The normalized spacial score (nSPS) is 16.3. The molecule has 0 saturated heterocycles. The number of hydroxylamine groups is 1. The van der Waals surface area contributed by atoms with Crippen molar-refractivity contribution in [3.8, 4) is 0 Å². The Kier molecular flexibility index (Phi) is 3.98. The molecule has 0 spiro atoms. The fourth-order valence-corrected chi connectivity index (χ4v) is 2.25. The van der Waals surface area contributed by atoms with Crippen LogP contribution in [0.4, 0.5) is 0 Å². The Morgan fingerprint density at radius 3 is 2.67 bits per heavy atom. The lowest BCUT2D eigenvalue weighted by Crippen LogP contribution is -2.39. The maximum Gasteiger partial charge on any atom is 0.330 e. The summed E-state index contributed by atoms with van der Waals surface area (Å²) >= 11 is 0. The molecule has 0 bridgehead atoms. The molecule has 18 heavy (non-hydrogen) atoms. The van der Waals surface area contributed by atoms with Crippen molar-refractivity contribution in [2.75, 3.05) is 0 Å². The summed E-state index contributed by atoms with van der Waals surface area (Å²) in [5, 5.41) is 0. The van der Waals surface area contributed by atoms with Gasteiger partial charge in [-0.2, -0.15) is 5.48 Å². The van der Waals surface area contributed by atoms with Crippen molar-refractivity contribution >= 4 is 0 Å². The molecule has 1 heterocycles.